The summed E-state index contributed by atoms with van der Waals surface area (Å²) >= 11 is 0. The first-order valence-corrected chi connectivity index (χ1v) is 4.82. The number of benzene rings is 1. The highest BCUT2D eigenvalue weighted by molar-refractivity contribution is 5.36. The molecule has 2 heterocycles. The zero-order valence-electron chi connectivity index (χ0n) is 8.19. The predicted molar refractivity (Wildman–Crippen MR) is 49.3 cm³/mol. The lowest BCUT2D eigenvalue weighted by Gasteiger charge is -2.30. The topological polar surface area (TPSA) is 27.7 Å². The number of rotatable bonds is 0. The van der Waals surface area contributed by atoms with E-state index < -0.39 is 5.79 Å². The van der Waals surface area contributed by atoms with Crippen molar-refractivity contribution in [1.82, 2.24) is 0 Å². The van der Waals surface area contributed by atoms with E-state index in [1.165, 1.54) is 5.56 Å². The molecule has 1 aromatic carbocycles. The van der Waals surface area contributed by atoms with E-state index in [1.807, 2.05) is 25.1 Å². The number of hydrogen-bond donors (Lipinski definition) is 0. The van der Waals surface area contributed by atoms with Crippen LogP contribution in [0.2, 0.25) is 0 Å². The summed E-state index contributed by atoms with van der Waals surface area (Å²) in [6.45, 7) is 3.97. The maximum absolute atomic E-state index is 5.68. The minimum Gasteiger partial charge on any atom is -0.310 e. The number of ether oxygens (including phenoxy) is 1. The van der Waals surface area contributed by atoms with Crippen LogP contribution >= 0.6 is 0 Å². The number of fused-ring (bicyclic) bond motifs is 4. The fourth-order valence-corrected chi connectivity index (χ4v) is 2.15. The van der Waals surface area contributed by atoms with Gasteiger partial charge in [-0.25, -0.2) is 4.89 Å². The minimum absolute atomic E-state index is 0.224. The van der Waals surface area contributed by atoms with E-state index in [0.717, 1.165) is 5.56 Å². The van der Waals surface area contributed by atoms with Gasteiger partial charge in [0.25, 0.3) is 0 Å². The molecule has 2 aliphatic rings. The average molecular weight is 192 g/mol. The van der Waals surface area contributed by atoms with E-state index in [2.05, 4.69) is 13.0 Å². The highest BCUT2D eigenvalue weighted by atomic mass is 17.3. The van der Waals surface area contributed by atoms with E-state index in [9.17, 15) is 0 Å². The Morgan fingerprint density at radius 1 is 1.29 bits per heavy atom. The van der Waals surface area contributed by atoms with Crippen molar-refractivity contribution in [3.63, 3.8) is 0 Å². The third-order valence-corrected chi connectivity index (χ3v) is 2.99. The first-order valence-electron chi connectivity index (χ1n) is 4.82. The van der Waals surface area contributed by atoms with Crippen LogP contribution in [0.5, 0.6) is 0 Å². The molecular weight excluding hydrogens is 180 g/mol. The van der Waals surface area contributed by atoms with Gasteiger partial charge in [-0.1, -0.05) is 31.2 Å². The van der Waals surface area contributed by atoms with Crippen molar-refractivity contribution in [1.29, 1.82) is 0 Å². The van der Waals surface area contributed by atoms with Crippen LogP contribution < -0.4 is 0 Å². The first-order chi connectivity index (χ1) is 6.71. The third-order valence-electron chi connectivity index (χ3n) is 2.99. The van der Waals surface area contributed by atoms with Crippen LogP contribution in [0.25, 0.3) is 0 Å². The van der Waals surface area contributed by atoms with E-state index in [-0.39, 0.29) is 12.2 Å². The Bertz CT molecular complexity index is 377. The van der Waals surface area contributed by atoms with Crippen molar-refractivity contribution in [3.05, 3.63) is 35.4 Å². The van der Waals surface area contributed by atoms with Crippen LogP contribution in [0.4, 0.5) is 0 Å². The summed E-state index contributed by atoms with van der Waals surface area (Å²) < 4.78 is 5.68. The summed E-state index contributed by atoms with van der Waals surface area (Å²) in [6, 6.07) is 8.15. The lowest BCUT2D eigenvalue weighted by molar-refractivity contribution is -0.328. The molecule has 0 N–H and O–H groups in total. The summed E-state index contributed by atoms with van der Waals surface area (Å²) in [6.07, 6.45) is -0.269. The molecule has 0 saturated carbocycles. The third kappa shape index (κ3) is 0.919. The maximum atomic E-state index is 5.68. The van der Waals surface area contributed by atoms with Crippen LogP contribution in [0.15, 0.2) is 24.3 Å². The normalized spacial score (nSPS) is 39.6. The molecule has 1 fully saturated rings. The molecule has 0 aromatic heterocycles. The van der Waals surface area contributed by atoms with Gasteiger partial charge in [0.05, 0.1) is 0 Å². The Morgan fingerprint density at radius 3 is 2.93 bits per heavy atom. The molecule has 1 unspecified atom stereocenters. The molecule has 0 aliphatic carbocycles. The van der Waals surface area contributed by atoms with Gasteiger partial charge < -0.3 is 4.74 Å². The molecule has 0 amide bonds. The summed E-state index contributed by atoms with van der Waals surface area (Å²) in [4.78, 5) is 10.4. The van der Waals surface area contributed by atoms with Gasteiger partial charge in [0, 0.05) is 11.5 Å². The van der Waals surface area contributed by atoms with E-state index in [4.69, 9.17) is 14.5 Å². The van der Waals surface area contributed by atoms with Crippen molar-refractivity contribution in [2.45, 2.75) is 31.8 Å². The second-order valence-corrected chi connectivity index (χ2v) is 3.99. The quantitative estimate of drug-likeness (QED) is 0.590. The summed E-state index contributed by atoms with van der Waals surface area (Å²) in [7, 11) is 0. The van der Waals surface area contributed by atoms with Gasteiger partial charge in [-0.3, -0.25) is 0 Å². The monoisotopic (exact) mass is 192 g/mol. The van der Waals surface area contributed by atoms with Crippen molar-refractivity contribution in [2.75, 3.05) is 0 Å². The lowest BCUT2D eigenvalue weighted by atomic mass is 9.89. The molecule has 74 valence electrons. The van der Waals surface area contributed by atoms with Crippen molar-refractivity contribution in [3.8, 4) is 0 Å². The summed E-state index contributed by atoms with van der Waals surface area (Å²) in [5.74, 6) is -0.491. The van der Waals surface area contributed by atoms with Crippen molar-refractivity contribution in [2.24, 2.45) is 0 Å². The molecule has 14 heavy (non-hydrogen) atoms. The molecule has 3 nitrogen and oxygen atoms in total. The molecule has 1 aromatic rings. The molecule has 3 atom stereocenters. The smallest absolute Gasteiger partial charge is 0.227 e. The lowest BCUT2D eigenvalue weighted by Crippen LogP contribution is -2.32. The van der Waals surface area contributed by atoms with E-state index in [0.29, 0.717) is 0 Å². The molecule has 0 spiro atoms. The standard InChI is InChI=1S/C11H12O3/c1-7-8-5-3-4-6-9(8)11(2)12-10(7)13-14-11/h3-7,10H,1-2H3/t7?,10-,11+/m0/s1. The minimum atomic E-state index is -0.715. The first kappa shape index (κ1) is 8.41. The molecule has 1 saturated heterocycles. The SMILES string of the molecule is CC1c2ccccc2[C@@]2(C)OO[C@@H]1O2. The Morgan fingerprint density at radius 2 is 2.07 bits per heavy atom. The van der Waals surface area contributed by atoms with Gasteiger partial charge in [-0.15, -0.1) is 0 Å². The van der Waals surface area contributed by atoms with Crippen LogP contribution in [-0.2, 0) is 20.3 Å². The van der Waals surface area contributed by atoms with Crippen LogP contribution in [0.3, 0.4) is 0 Å². The molecule has 0 radical (unpaired) electrons. The second kappa shape index (κ2) is 2.57. The summed E-state index contributed by atoms with van der Waals surface area (Å²) in [5, 5.41) is 0. The fraction of sp³-hybridized carbons (Fsp3) is 0.455. The maximum Gasteiger partial charge on any atom is 0.227 e. The van der Waals surface area contributed by atoms with Gasteiger partial charge >= 0.3 is 0 Å². The Labute approximate surface area is 82.5 Å². The van der Waals surface area contributed by atoms with Crippen LogP contribution in [0.1, 0.15) is 30.9 Å². The molecule has 2 aliphatic heterocycles. The van der Waals surface area contributed by atoms with Gasteiger partial charge in [-0.05, 0) is 12.5 Å². The zero-order valence-corrected chi connectivity index (χ0v) is 8.19. The van der Waals surface area contributed by atoms with Crippen molar-refractivity contribution >= 4 is 0 Å². The zero-order chi connectivity index (χ0) is 9.76. The second-order valence-electron chi connectivity index (χ2n) is 3.99. The molecule has 2 bridgehead atoms. The van der Waals surface area contributed by atoms with Gasteiger partial charge in [0.1, 0.15) is 0 Å². The largest absolute Gasteiger partial charge is 0.310 e. The Balaban J connectivity index is 2.22. The van der Waals surface area contributed by atoms with Crippen molar-refractivity contribution < 1.29 is 14.5 Å². The Kier molecular flexibility index (Phi) is 1.54. The van der Waals surface area contributed by atoms with Gasteiger partial charge in [0.15, 0.2) is 0 Å². The average Bonchev–Trinajstić information content (AvgIpc) is 2.57. The molecule has 3 rings (SSSR count). The van der Waals surface area contributed by atoms with Gasteiger partial charge in [0.2, 0.25) is 12.1 Å². The Hall–Kier alpha value is -0.900. The van der Waals surface area contributed by atoms with Crippen LogP contribution in [0, 0.1) is 0 Å². The van der Waals surface area contributed by atoms with Gasteiger partial charge in [-0.2, -0.15) is 4.89 Å². The predicted octanol–water partition coefficient (Wildman–Crippen LogP) is 2.28. The van der Waals surface area contributed by atoms with E-state index in [1.54, 1.807) is 0 Å². The fourth-order valence-electron chi connectivity index (χ4n) is 2.15. The molecular formula is C11H12O3. The highest BCUT2D eigenvalue weighted by Crippen LogP contribution is 2.47. The summed E-state index contributed by atoms with van der Waals surface area (Å²) in [5.41, 5.74) is 2.32. The highest BCUT2D eigenvalue weighted by Gasteiger charge is 2.49. The van der Waals surface area contributed by atoms with E-state index >= 15 is 0 Å². The molecule has 3 heteroatoms. The number of hydrogen-bond acceptors (Lipinski definition) is 3. The van der Waals surface area contributed by atoms with Crippen LogP contribution in [-0.4, -0.2) is 6.29 Å².